The Labute approximate surface area is 101 Å². The topological polar surface area (TPSA) is 24.4 Å². The Morgan fingerprint density at radius 2 is 2.12 bits per heavy atom. The molecule has 17 heavy (non-hydrogen) atoms. The van der Waals surface area contributed by atoms with Crippen molar-refractivity contribution >= 4 is 11.4 Å². The second-order valence-corrected chi connectivity index (χ2v) is 4.18. The van der Waals surface area contributed by atoms with E-state index in [9.17, 15) is 0 Å². The van der Waals surface area contributed by atoms with Gasteiger partial charge in [-0.25, -0.2) is 0 Å². The summed E-state index contributed by atoms with van der Waals surface area (Å²) < 4.78 is 0. The number of anilines is 1. The molecule has 1 N–H and O–H groups in total. The van der Waals surface area contributed by atoms with Gasteiger partial charge in [0.05, 0.1) is 5.71 Å². The predicted octanol–water partition coefficient (Wildman–Crippen LogP) is 3.50. The first-order chi connectivity index (χ1) is 8.45. The standard InChI is InChI=1S/C15H14N2/c1-2-6-12(7-3-1)15-13-8-4-5-9-14(13)16-10-11-17-15/h1-6,8-12,16H,7H2. The van der Waals surface area contributed by atoms with Crippen LogP contribution in [0.1, 0.15) is 12.0 Å². The predicted molar refractivity (Wildman–Crippen MR) is 72.1 cm³/mol. The Balaban J connectivity index is 2.04. The molecular formula is C15H14N2. The highest BCUT2D eigenvalue weighted by Crippen LogP contribution is 2.25. The Hall–Kier alpha value is -2.09. The fourth-order valence-corrected chi connectivity index (χ4v) is 2.23. The van der Waals surface area contributed by atoms with E-state index in [1.54, 1.807) is 0 Å². The lowest BCUT2D eigenvalue weighted by atomic mass is 9.90. The van der Waals surface area contributed by atoms with Gasteiger partial charge in [-0.3, -0.25) is 4.99 Å². The van der Waals surface area contributed by atoms with Crippen LogP contribution in [0.4, 0.5) is 5.69 Å². The number of aliphatic imine (C=N–C) groups is 1. The van der Waals surface area contributed by atoms with Crippen molar-refractivity contribution in [2.24, 2.45) is 10.9 Å². The minimum Gasteiger partial charge on any atom is -0.360 e. The number of hydrogen-bond acceptors (Lipinski definition) is 2. The van der Waals surface area contributed by atoms with Gasteiger partial charge in [-0.05, 0) is 12.5 Å². The number of rotatable bonds is 1. The SMILES string of the molecule is C1=CCC(C2=NC=CNc3ccccc32)C=C1. The normalized spacial score (nSPS) is 21.4. The molecule has 0 aromatic heterocycles. The molecule has 0 saturated carbocycles. The van der Waals surface area contributed by atoms with Crippen molar-refractivity contribution in [1.29, 1.82) is 0 Å². The number of fused-ring (bicyclic) bond motifs is 1. The highest BCUT2D eigenvalue weighted by molar-refractivity contribution is 6.08. The third-order valence-electron chi connectivity index (χ3n) is 3.06. The van der Waals surface area contributed by atoms with Crippen molar-refractivity contribution in [3.63, 3.8) is 0 Å². The summed E-state index contributed by atoms with van der Waals surface area (Å²) >= 11 is 0. The molecule has 0 spiro atoms. The average molecular weight is 222 g/mol. The highest BCUT2D eigenvalue weighted by atomic mass is 14.9. The van der Waals surface area contributed by atoms with E-state index in [1.807, 2.05) is 18.5 Å². The third-order valence-corrected chi connectivity index (χ3v) is 3.06. The number of hydrogen-bond donors (Lipinski definition) is 1. The van der Waals surface area contributed by atoms with Crippen LogP contribution >= 0.6 is 0 Å². The van der Waals surface area contributed by atoms with Crippen LogP contribution in [-0.4, -0.2) is 5.71 Å². The summed E-state index contributed by atoms with van der Waals surface area (Å²) in [6.45, 7) is 0. The van der Waals surface area contributed by atoms with E-state index in [0.717, 1.165) is 17.8 Å². The summed E-state index contributed by atoms with van der Waals surface area (Å²) in [5.74, 6) is 0.380. The van der Waals surface area contributed by atoms with Crippen LogP contribution in [0.3, 0.4) is 0 Å². The van der Waals surface area contributed by atoms with Gasteiger partial charge >= 0.3 is 0 Å². The van der Waals surface area contributed by atoms with Gasteiger partial charge in [-0.1, -0.05) is 42.5 Å². The quantitative estimate of drug-likeness (QED) is 0.772. The lowest BCUT2D eigenvalue weighted by Gasteiger charge is -2.17. The molecule has 1 heterocycles. The van der Waals surface area contributed by atoms with Crippen LogP contribution in [0.5, 0.6) is 0 Å². The molecular weight excluding hydrogens is 208 g/mol. The molecule has 0 bridgehead atoms. The number of para-hydroxylation sites is 1. The van der Waals surface area contributed by atoms with Gasteiger partial charge in [0.25, 0.3) is 0 Å². The van der Waals surface area contributed by atoms with Crippen LogP contribution in [0, 0.1) is 5.92 Å². The zero-order chi connectivity index (χ0) is 11.5. The number of nitrogens with zero attached hydrogens (tertiary/aromatic N) is 1. The van der Waals surface area contributed by atoms with Crippen LogP contribution in [-0.2, 0) is 0 Å². The van der Waals surface area contributed by atoms with Crippen molar-refractivity contribution in [1.82, 2.24) is 0 Å². The van der Waals surface area contributed by atoms with Crippen molar-refractivity contribution in [3.05, 3.63) is 66.5 Å². The molecule has 2 heteroatoms. The summed E-state index contributed by atoms with van der Waals surface area (Å²) in [5, 5.41) is 3.26. The molecule has 2 nitrogen and oxygen atoms in total. The second kappa shape index (κ2) is 4.42. The number of benzene rings is 1. The van der Waals surface area contributed by atoms with Crippen molar-refractivity contribution in [3.8, 4) is 0 Å². The zero-order valence-electron chi connectivity index (χ0n) is 9.51. The van der Waals surface area contributed by atoms with Crippen molar-refractivity contribution < 1.29 is 0 Å². The molecule has 1 aromatic carbocycles. The molecule has 1 atom stereocenters. The molecule has 3 rings (SSSR count). The molecule has 0 saturated heterocycles. The smallest absolute Gasteiger partial charge is 0.0569 e. The van der Waals surface area contributed by atoms with Gasteiger partial charge < -0.3 is 5.32 Å². The summed E-state index contributed by atoms with van der Waals surface area (Å²) in [5.41, 5.74) is 3.47. The van der Waals surface area contributed by atoms with Gasteiger partial charge in [0, 0.05) is 29.6 Å². The van der Waals surface area contributed by atoms with E-state index in [-0.39, 0.29) is 0 Å². The molecule has 1 aromatic rings. The fourth-order valence-electron chi connectivity index (χ4n) is 2.23. The van der Waals surface area contributed by atoms with Crippen molar-refractivity contribution in [2.45, 2.75) is 6.42 Å². The van der Waals surface area contributed by atoms with Gasteiger partial charge in [-0.15, -0.1) is 0 Å². The maximum absolute atomic E-state index is 4.58. The maximum atomic E-state index is 4.58. The summed E-state index contributed by atoms with van der Waals surface area (Å²) in [6.07, 6.45) is 13.3. The molecule has 0 amide bonds. The van der Waals surface area contributed by atoms with Gasteiger partial charge in [0.2, 0.25) is 0 Å². The lowest BCUT2D eigenvalue weighted by molar-refractivity contribution is 0.869. The second-order valence-electron chi connectivity index (χ2n) is 4.18. The van der Waals surface area contributed by atoms with E-state index >= 15 is 0 Å². The van der Waals surface area contributed by atoms with Gasteiger partial charge in [-0.2, -0.15) is 0 Å². The van der Waals surface area contributed by atoms with E-state index in [1.165, 1.54) is 5.56 Å². The minimum atomic E-state index is 0.380. The molecule has 1 aliphatic heterocycles. The maximum Gasteiger partial charge on any atom is 0.0569 e. The fraction of sp³-hybridized carbons (Fsp3) is 0.133. The molecule has 1 unspecified atom stereocenters. The van der Waals surface area contributed by atoms with Crippen LogP contribution in [0.15, 0.2) is 66.0 Å². The largest absolute Gasteiger partial charge is 0.360 e. The van der Waals surface area contributed by atoms with E-state index < -0.39 is 0 Å². The van der Waals surface area contributed by atoms with Crippen LogP contribution in [0.2, 0.25) is 0 Å². The molecule has 1 aliphatic carbocycles. The highest BCUT2D eigenvalue weighted by Gasteiger charge is 2.18. The Kier molecular flexibility index (Phi) is 2.62. The van der Waals surface area contributed by atoms with Crippen LogP contribution in [0.25, 0.3) is 0 Å². The number of allylic oxidation sites excluding steroid dienone is 4. The summed E-state index contributed by atoms with van der Waals surface area (Å²) in [4.78, 5) is 4.58. The Morgan fingerprint density at radius 3 is 3.00 bits per heavy atom. The van der Waals surface area contributed by atoms with Crippen LogP contribution < -0.4 is 5.32 Å². The Morgan fingerprint density at radius 1 is 1.18 bits per heavy atom. The van der Waals surface area contributed by atoms with Crippen molar-refractivity contribution in [2.75, 3.05) is 5.32 Å². The molecule has 0 fully saturated rings. The van der Waals surface area contributed by atoms with E-state index in [4.69, 9.17) is 0 Å². The Bertz CT molecular complexity index is 536. The van der Waals surface area contributed by atoms with Gasteiger partial charge in [0.1, 0.15) is 0 Å². The van der Waals surface area contributed by atoms with Gasteiger partial charge in [0.15, 0.2) is 0 Å². The molecule has 84 valence electrons. The average Bonchev–Trinajstić information content (AvgIpc) is 2.62. The van der Waals surface area contributed by atoms with E-state index in [0.29, 0.717) is 5.92 Å². The molecule has 0 radical (unpaired) electrons. The first-order valence-corrected chi connectivity index (χ1v) is 5.87. The number of nitrogens with one attached hydrogen (secondary N) is 1. The monoisotopic (exact) mass is 222 g/mol. The van der Waals surface area contributed by atoms with E-state index in [2.05, 4.69) is 52.8 Å². The molecule has 2 aliphatic rings. The third kappa shape index (κ3) is 1.94. The first-order valence-electron chi connectivity index (χ1n) is 5.87. The zero-order valence-corrected chi connectivity index (χ0v) is 9.51. The lowest BCUT2D eigenvalue weighted by Crippen LogP contribution is -2.15. The minimum absolute atomic E-state index is 0.380. The summed E-state index contributed by atoms with van der Waals surface area (Å²) in [6, 6.07) is 8.31. The first kappa shape index (κ1) is 10.1. The summed E-state index contributed by atoms with van der Waals surface area (Å²) in [7, 11) is 0.